The lowest BCUT2D eigenvalue weighted by atomic mass is 10.0. The van der Waals surface area contributed by atoms with Gasteiger partial charge < -0.3 is 10.1 Å². The Labute approximate surface area is 106 Å². The summed E-state index contributed by atoms with van der Waals surface area (Å²) in [7, 11) is 0. The fourth-order valence-electron chi connectivity index (χ4n) is 1.43. The quantitative estimate of drug-likeness (QED) is 0.591. The van der Waals surface area contributed by atoms with E-state index in [0.29, 0.717) is 5.70 Å². The third-order valence-corrected chi connectivity index (χ3v) is 2.39. The lowest BCUT2D eigenvalue weighted by molar-refractivity contribution is -0.138. The first-order valence-electron chi connectivity index (χ1n) is 5.64. The van der Waals surface area contributed by atoms with Crippen LogP contribution in [-0.4, -0.2) is 30.6 Å². The third-order valence-electron chi connectivity index (χ3n) is 2.39. The SMILES string of the molecule is C=C(CNC(=O)C1(C)C=C(C)N=N1)C(=O)OCC. The van der Waals surface area contributed by atoms with Gasteiger partial charge in [0, 0.05) is 12.1 Å². The molecule has 0 saturated carbocycles. The number of allylic oxidation sites excluding steroid dienone is 1. The molecule has 1 aliphatic rings. The standard InChI is InChI=1S/C12H17N3O3/c1-5-18-10(16)8(2)7-13-11(17)12(4)6-9(3)14-15-12/h6H,2,5,7H2,1,3-4H3,(H,13,17). The van der Waals surface area contributed by atoms with Gasteiger partial charge in [-0.3, -0.25) is 4.79 Å². The normalized spacial score (nSPS) is 21.4. The molecule has 1 heterocycles. The van der Waals surface area contributed by atoms with Crippen molar-refractivity contribution in [1.82, 2.24) is 5.32 Å². The molecule has 0 fully saturated rings. The number of amides is 1. The second-order valence-electron chi connectivity index (χ2n) is 4.14. The summed E-state index contributed by atoms with van der Waals surface area (Å²) >= 11 is 0. The Hall–Kier alpha value is -1.98. The highest BCUT2D eigenvalue weighted by atomic mass is 16.5. The number of carbonyl (C=O) groups excluding carboxylic acids is 2. The molecule has 0 spiro atoms. The molecule has 1 N–H and O–H groups in total. The fraction of sp³-hybridized carbons (Fsp3) is 0.500. The zero-order valence-corrected chi connectivity index (χ0v) is 10.8. The molecular weight excluding hydrogens is 234 g/mol. The molecule has 0 radical (unpaired) electrons. The van der Waals surface area contributed by atoms with Gasteiger partial charge in [-0.05, 0) is 26.8 Å². The zero-order valence-electron chi connectivity index (χ0n) is 10.8. The number of ether oxygens (including phenoxy) is 1. The Morgan fingerprint density at radius 3 is 2.72 bits per heavy atom. The molecule has 1 amide bonds. The van der Waals surface area contributed by atoms with Crippen molar-refractivity contribution < 1.29 is 14.3 Å². The topological polar surface area (TPSA) is 80.1 Å². The Balaban J connectivity index is 2.50. The van der Waals surface area contributed by atoms with E-state index in [4.69, 9.17) is 4.74 Å². The monoisotopic (exact) mass is 251 g/mol. The van der Waals surface area contributed by atoms with Gasteiger partial charge in [0.1, 0.15) is 0 Å². The van der Waals surface area contributed by atoms with Crippen LogP contribution >= 0.6 is 0 Å². The molecule has 6 heteroatoms. The molecule has 0 saturated heterocycles. The van der Waals surface area contributed by atoms with Crippen LogP contribution in [0.4, 0.5) is 0 Å². The van der Waals surface area contributed by atoms with E-state index < -0.39 is 11.5 Å². The molecule has 1 unspecified atom stereocenters. The number of hydrogen-bond acceptors (Lipinski definition) is 5. The van der Waals surface area contributed by atoms with Crippen molar-refractivity contribution >= 4 is 11.9 Å². The first-order chi connectivity index (χ1) is 8.39. The maximum atomic E-state index is 11.9. The van der Waals surface area contributed by atoms with E-state index in [2.05, 4.69) is 22.1 Å². The van der Waals surface area contributed by atoms with Crippen LogP contribution in [0.5, 0.6) is 0 Å². The van der Waals surface area contributed by atoms with Crippen molar-refractivity contribution in [2.24, 2.45) is 10.2 Å². The van der Waals surface area contributed by atoms with Gasteiger partial charge in [0.25, 0.3) is 5.91 Å². The number of nitrogens with zero attached hydrogens (tertiary/aromatic N) is 2. The summed E-state index contributed by atoms with van der Waals surface area (Å²) in [4.78, 5) is 23.2. The third kappa shape index (κ3) is 3.26. The molecule has 18 heavy (non-hydrogen) atoms. The number of carbonyl (C=O) groups is 2. The number of esters is 1. The molecule has 0 aromatic carbocycles. The molecule has 0 aliphatic carbocycles. The Bertz CT molecular complexity index is 440. The lowest BCUT2D eigenvalue weighted by Crippen LogP contribution is -2.42. The first kappa shape index (κ1) is 14.1. The predicted molar refractivity (Wildman–Crippen MR) is 65.8 cm³/mol. The summed E-state index contributed by atoms with van der Waals surface area (Å²) in [5.41, 5.74) is -0.111. The summed E-state index contributed by atoms with van der Waals surface area (Å²) in [5, 5.41) is 10.3. The Morgan fingerprint density at radius 1 is 1.56 bits per heavy atom. The van der Waals surface area contributed by atoms with Crippen LogP contribution in [0, 0.1) is 0 Å². The smallest absolute Gasteiger partial charge is 0.335 e. The maximum absolute atomic E-state index is 11.9. The second-order valence-corrected chi connectivity index (χ2v) is 4.14. The van der Waals surface area contributed by atoms with Crippen molar-refractivity contribution in [3.05, 3.63) is 23.9 Å². The van der Waals surface area contributed by atoms with Crippen LogP contribution in [0.15, 0.2) is 34.2 Å². The minimum Gasteiger partial charge on any atom is -0.463 e. The maximum Gasteiger partial charge on any atom is 0.335 e. The van der Waals surface area contributed by atoms with Gasteiger partial charge in [0.2, 0.25) is 0 Å². The average Bonchev–Trinajstić information content (AvgIpc) is 2.67. The number of hydrogen-bond donors (Lipinski definition) is 1. The van der Waals surface area contributed by atoms with Gasteiger partial charge in [-0.2, -0.15) is 10.2 Å². The van der Waals surface area contributed by atoms with E-state index in [9.17, 15) is 9.59 Å². The molecule has 1 aliphatic heterocycles. The number of azo groups is 1. The first-order valence-corrected chi connectivity index (χ1v) is 5.64. The number of nitrogens with one attached hydrogen (secondary N) is 1. The van der Waals surface area contributed by atoms with Gasteiger partial charge in [0.05, 0.1) is 12.3 Å². The van der Waals surface area contributed by atoms with Gasteiger partial charge in [0.15, 0.2) is 5.54 Å². The highest BCUT2D eigenvalue weighted by Gasteiger charge is 2.34. The molecule has 0 aromatic rings. The molecule has 6 nitrogen and oxygen atoms in total. The van der Waals surface area contributed by atoms with Crippen molar-refractivity contribution in [1.29, 1.82) is 0 Å². The molecular formula is C12H17N3O3. The minimum absolute atomic E-state index is 0.0374. The van der Waals surface area contributed by atoms with E-state index in [-0.39, 0.29) is 24.6 Å². The van der Waals surface area contributed by atoms with E-state index >= 15 is 0 Å². The van der Waals surface area contributed by atoms with Gasteiger partial charge in [-0.25, -0.2) is 4.79 Å². The van der Waals surface area contributed by atoms with Crippen LogP contribution in [0.2, 0.25) is 0 Å². The Morgan fingerprint density at radius 2 is 2.22 bits per heavy atom. The number of rotatable bonds is 5. The highest BCUT2D eigenvalue weighted by molar-refractivity contribution is 5.92. The molecule has 0 aromatic heterocycles. The van der Waals surface area contributed by atoms with Gasteiger partial charge in [-0.1, -0.05) is 6.58 Å². The van der Waals surface area contributed by atoms with Gasteiger partial charge in [-0.15, -0.1) is 0 Å². The van der Waals surface area contributed by atoms with Crippen LogP contribution in [0.1, 0.15) is 20.8 Å². The van der Waals surface area contributed by atoms with E-state index in [1.165, 1.54) is 0 Å². The van der Waals surface area contributed by atoms with E-state index in [1.807, 2.05) is 0 Å². The second kappa shape index (κ2) is 5.57. The summed E-state index contributed by atoms with van der Waals surface area (Å²) in [6.45, 7) is 8.98. The van der Waals surface area contributed by atoms with Gasteiger partial charge >= 0.3 is 5.97 Å². The van der Waals surface area contributed by atoms with Crippen LogP contribution in [0.3, 0.4) is 0 Å². The van der Waals surface area contributed by atoms with Crippen molar-refractivity contribution in [3.63, 3.8) is 0 Å². The summed E-state index contributed by atoms with van der Waals surface area (Å²) in [6.07, 6.45) is 1.66. The summed E-state index contributed by atoms with van der Waals surface area (Å²) in [5.74, 6) is -0.837. The minimum atomic E-state index is -1.00. The van der Waals surface area contributed by atoms with Crippen LogP contribution in [0.25, 0.3) is 0 Å². The molecule has 1 atom stereocenters. The lowest BCUT2D eigenvalue weighted by Gasteiger charge is -2.16. The zero-order chi connectivity index (χ0) is 13.8. The average molecular weight is 251 g/mol. The van der Waals surface area contributed by atoms with Crippen LogP contribution < -0.4 is 5.32 Å². The summed E-state index contributed by atoms with van der Waals surface area (Å²) in [6, 6.07) is 0. The van der Waals surface area contributed by atoms with E-state index in [0.717, 1.165) is 0 Å². The Kier molecular flexibility index (Phi) is 4.36. The van der Waals surface area contributed by atoms with Crippen molar-refractivity contribution in [2.45, 2.75) is 26.3 Å². The predicted octanol–water partition coefficient (Wildman–Crippen LogP) is 1.35. The highest BCUT2D eigenvalue weighted by Crippen LogP contribution is 2.23. The van der Waals surface area contributed by atoms with E-state index in [1.54, 1.807) is 26.8 Å². The molecule has 1 rings (SSSR count). The molecule has 0 bridgehead atoms. The van der Waals surface area contributed by atoms with Crippen molar-refractivity contribution in [3.8, 4) is 0 Å². The van der Waals surface area contributed by atoms with Crippen molar-refractivity contribution in [2.75, 3.05) is 13.2 Å². The summed E-state index contributed by atoms with van der Waals surface area (Å²) < 4.78 is 4.76. The van der Waals surface area contributed by atoms with Crippen LogP contribution in [-0.2, 0) is 14.3 Å². The molecule has 98 valence electrons. The largest absolute Gasteiger partial charge is 0.463 e. The fourth-order valence-corrected chi connectivity index (χ4v) is 1.43.